The summed E-state index contributed by atoms with van der Waals surface area (Å²) in [6.45, 7) is 3.59. The Kier molecular flexibility index (Phi) is 6.89. The molecule has 2 amide bonds. The zero-order valence-electron chi connectivity index (χ0n) is 17.5. The van der Waals surface area contributed by atoms with Crippen LogP contribution in [-0.2, 0) is 14.8 Å². The SMILES string of the molecule is Cc1cccc(NC(=O)CNC(=O)c2ccc(S(=O)(=O)Nc3ccc(F)cc3)cc2)c1C. The first-order valence-electron chi connectivity index (χ1n) is 9.68. The van der Waals surface area contributed by atoms with E-state index in [9.17, 15) is 22.4 Å². The monoisotopic (exact) mass is 455 g/mol. The molecule has 3 aromatic carbocycles. The normalized spacial score (nSPS) is 11.0. The van der Waals surface area contributed by atoms with Crippen LogP contribution in [0.1, 0.15) is 21.5 Å². The van der Waals surface area contributed by atoms with E-state index in [1.54, 1.807) is 6.07 Å². The highest BCUT2D eigenvalue weighted by Gasteiger charge is 2.16. The molecule has 32 heavy (non-hydrogen) atoms. The maximum Gasteiger partial charge on any atom is 0.261 e. The number of aryl methyl sites for hydroxylation is 1. The highest BCUT2D eigenvalue weighted by Crippen LogP contribution is 2.18. The van der Waals surface area contributed by atoms with Gasteiger partial charge >= 0.3 is 0 Å². The number of nitrogens with one attached hydrogen (secondary N) is 3. The lowest BCUT2D eigenvalue weighted by Crippen LogP contribution is -2.33. The lowest BCUT2D eigenvalue weighted by molar-refractivity contribution is -0.115. The molecular weight excluding hydrogens is 433 g/mol. The van der Waals surface area contributed by atoms with Crippen molar-refractivity contribution < 1.29 is 22.4 Å². The second-order valence-electron chi connectivity index (χ2n) is 7.12. The fraction of sp³-hybridized carbons (Fsp3) is 0.130. The van der Waals surface area contributed by atoms with Crippen LogP contribution in [0.3, 0.4) is 0 Å². The summed E-state index contributed by atoms with van der Waals surface area (Å²) in [7, 11) is -3.90. The Morgan fingerprint density at radius 1 is 0.906 bits per heavy atom. The number of anilines is 2. The molecular formula is C23H22FN3O4S. The number of carbonyl (C=O) groups is 2. The summed E-state index contributed by atoms with van der Waals surface area (Å²) in [5.41, 5.74) is 3.06. The minimum Gasteiger partial charge on any atom is -0.343 e. The topological polar surface area (TPSA) is 104 Å². The molecule has 3 rings (SSSR count). The Hall–Kier alpha value is -3.72. The molecule has 0 heterocycles. The summed E-state index contributed by atoms with van der Waals surface area (Å²) in [5, 5.41) is 5.25. The molecule has 0 aliphatic carbocycles. The largest absolute Gasteiger partial charge is 0.343 e. The predicted molar refractivity (Wildman–Crippen MR) is 121 cm³/mol. The van der Waals surface area contributed by atoms with Gasteiger partial charge < -0.3 is 10.6 Å². The number of rotatable bonds is 7. The minimum absolute atomic E-state index is 0.0639. The summed E-state index contributed by atoms with van der Waals surface area (Å²) in [5.74, 6) is -1.38. The van der Waals surface area contributed by atoms with Gasteiger partial charge in [0.1, 0.15) is 5.82 Å². The number of amides is 2. The van der Waals surface area contributed by atoms with Gasteiger partial charge in [-0.3, -0.25) is 14.3 Å². The maximum atomic E-state index is 13.0. The van der Waals surface area contributed by atoms with Gasteiger partial charge in [0.05, 0.1) is 11.4 Å². The van der Waals surface area contributed by atoms with Gasteiger partial charge in [0, 0.05) is 16.9 Å². The van der Waals surface area contributed by atoms with Gasteiger partial charge in [-0.25, -0.2) is 12.8 Å². The fourth-order valence-corrected chi connectivity index (χ4v) is 3.92. The van der Waals surface area contributed by atoms with Gasteiger partial charge in [0.15, 0.2) is 0 Å². The predicted octanol–water partition coefficient (Wildman–Crippen LogP) is 3.61. The Morgan fingerprint density at radius 2 is 1.56 bits per heavy atom. The van der Waals surface area contributed by atoms with Crippen LogP contribution in [0.15, 0.2) is 71.6 Å². The second-order valence-corrected chi connectivity index (χ2v) is 8.80. The Bertz CT molecular complexity index is 1240. The molecule has 0 aliphatic heterocycles. The standard InChI is InChI=1S/C23H22FN3O4S/c1-15-4-3-5-21(16(15)2)26-22(28)14-25-23(29)17-6-12-20(13-7-17)32(30,31)27-19-10-8-18(24)9-11-19/h3-13,27H,14H2,1-2H3,(H,25,29)(H,26,28). The van der Waals surface area contributed by atoms with E-state index in [0.29, 0.717) is 5.69 Å². The third kappa shape index (κ3) is 5.70. The highest BCUT2D eigenvalue weighted by atomic mass is 32.2. The van der Waals surface area contributed by atoms with Crippen molar-refractivity contribution in [3.05, 3.63) is 89.2 Å². The lowest BCUT2D eigenvalue weighted by Gasteiger charge is -2.11. The quantitative estimate of drug-likeness (QED) is 0.506. The van der Waals surface area contributed by atoms with Gasteiger partial charge in [0.25, 0.3) is 15.9 Å². The zero-order chi connectivity index (χ0) is 23.3. The molecule has 3 N–H and O–H groups in total. The van der Waals surface area contributed by atoms with Gasteiger partial charge in [-0.05, 0) is 79.6 Å². The summed E-state index contributed by atoms with van der Waals surface area (Å²) in [6.07, 6.45) is 0. The first kappa shape index (κ1) is 23.0. The van der Waals surface area contributed by atoms with Crippen LogP contribution in [0, 0.1) is 19.7 Å². The van der Waals surface area contributed by atoms with E-state index in [0.717, 1.165) is 23.3 Å². The Balaban J connectivity index is 1.59. The number of hydrogen-bond donors (Lipinski definition) is 3. The van der Waals surface area contributed by atoms with E-state index >= 15 is 0 Å². The van der Waals surface area contributed by atoms with Gasteiger partial charge in [-0.2, -0.15) is 0 Å². The van der Waals surface area contributed by atoms with Crippen molar-refractivity contribution in [2.24, 2.45) is 0 Å². The molecule has 0 fully saturated rings. The molecule has 0 radical (unpaired) electrons. The van der Waals surface area contributed by atoms with E-state index in [1.807, 2.05) is 26.0 Å². The number of benzene rings is 3. The third-order valence-corrected chi connectivity index (χ3v) is 6.21. The molecule has 0 aromatic heterocycles. The molecule has 0 atom stereocenters. The molecule has 7 nitrogen and oxygen atoms in total. The first-order chi connectivity index (χ1) is 15.2. The average molecular weight is 456 g/mol. The van der Waals surface area contributed by atoms with E-state index in [4.69, 9.17) is 0 Å². The van der Waals surface area contributed by atoms with Crippen LogP contribution in [-0.4, -0.2) is 26.8 Å². The minimum atomic E-state index is -3.90. The van der Waals surface area contributed by atoms with Crippen LogP contribution >= 0.6 is 0 Å². The maximum absolute atomic E-state index is 13.0. The second kappa shape index (κ2) is 9.61. The fourth-order valence-electron chi connectivity index (χ4n) is 2.86. The van der Waals surface area contributed by atoms with E-state index < -0.39 is 21.7 Å². The van der Waals surface area contributed by atoms with Crippen molar-refractivity contribution in [1.29, 1.82) is 0 Å². The molecule has 166 valence electrons. The van der Waals surface area contributed by atoms with E-state index in [2.05, 4.69) is 15.4 Å². The Morgan fingerprint density at radius 3 is 2.22 bits per heavy atom. The van der Waals surface area contributed by atoms with Gasteiger partial charge in [-0.15, -0.1) is 0 Å². The number of sulfonamides is 1. The molecule has 3 aromatic rings. The Labute approximate surface area is 185 Å². The van der Waals surface area contributed by atoms with Crippen molar-refractivity contribution in [1.82, 2.24) is 5.32 Å². The van der Waals surface area contributed by atoms with Crippen molar-refractivity contribution >= 4 is 33.2 Å². The van der Waals surface area contributed by atoms with Crippen LogP contribution in [0.4, 0.5) is 15.8 Å². The van der Waals surface area contributed by atoms with Gasteiger partial charge in [-0.1, -0.05) is 12.1 Å². The summed E-state index contributed by atoms with van der Waals surface area (Å²) in [4.78, 5) is 24.4. The number of carbonyl (C=O) groups excluding carboxylic acids is 2. The summed E-state index contributed by atoms with van der Waals surface area (Å²) >= 11 is 0. The molecule has 0 unspecified atom stereocenters. The molecule has 0 spiro atoms. The van der Waals surface area contributed by atoms with Crippen LogP contribution < -0.4 is 15.4 Å². The summed E-state index contributed by atoms with van der Waals surface area (Å²) in [6, 6.07) is 15.7. The van der Waals surface area contributed by atoms with E-state index in [1.165, 1.54) is 36.4 Å². The molecule has 0 aliphatic rings. The third-order valence-electron chi connectivity index (χ3n) is 4.81. The van der Waals surface area contributed by atoms with Crippen molar-refractivity contribution in [2.75, 3.05) is 16.6 Å². The average Bonchev–Trinajstić information content (AvgIpc) is 2.77. The summed E-state index contributed by atoms with van der Waals surface area (Å²) < 4.78 is 40.2. The lowest BCUT2D eigenvalue weighted by atomic mass is 10.1. The molecule has 0 saturated carbocycles. The van der Waals surface area contributed by atoms with Crippen molar-refractivity contribution in [3.8, 4) is 0 Å². The first-order valence-corrected chi connectivity index (χ1v) is 11.2. The molecule has 9 heteroatoms. The van der Waals surface area contributed by atoms with Gasteiger partial charge in [0.2, 0.25) is 5.91 Å². The smallest absolute Gasteiger partial charge is 0.261 e. The van der Waals surface area contributed by atoms with Crippen LogP contribution in [0.25, 0.3) is 0 Å². The van der Waals surface area contributed by atoms with Crippen molar-refractivity contribution in [3.63, 3.8) is 0 Å². The van der Waals surface area contributed by atoms with Crippen LogP contribution in [0.2, 0.25) is 0 Å². The van der Waals surface area contributed by atoms with Crippen LogP contribution in [0.5, 0.6) is 0 Å². The highest BCUT2D eigenvalue weighted by molar-refractivity contribution is 7.92. The molecule has 0 saturated heterocycles. The number of hydrogen-bond acceptors (Lipinski definition) is 4. The van der Waals surface area contributed by atoms with E-state index in [-0.39, 0.29) is 28.6 Å². The van der Waals surface area contributed by atoms with Crippen molar-refractivity contribution in [2.45, 2.75) is 18.7 Å². The number of halogens is 1. The molecule has 0 bridgehead atoms. The zero-order valence-corrected chi connectivity index (χ0v) is 18.3.